The Bertz CT molecular complexity index is 1240. The smallest absolute Gasteiger partial charge is 0.337 e. The lowest BCUT2D eigenvalue weighted by Crippen LogP contribution is -2.30. The predicted molar refractivity (Wildman–Crippen MR) is 124 cm³/mol. The number of aryl methyl sites for hydroxylation is 1. The van der Waals surface area contributed by atoms with Gasteiger partial charge in [-0.05, 0) is 72.0 Å². The fraction of sp³-hybridized carbons (Fsp3) is 0.364. The molecule has 0 amide bonds. The van der Waals surface area contributed by atoms with Crippen molar-refractivity contribution in [3.8, 4) is 11.4 Å². The zero-order valence-electron chi connectivity index (χ0n) is 18.5. The molecule has 10 nitrogen and oxygen atoms in total. The normalized spacial score (nSPS) is 14.2. The minimum atomic E-state index is -4.01. The lowest BCUT2D eigenvalue weighted by atomic mass is 10.1. The van der Waals surface area contributed by atoms with Gasteiger partial charge in [-0.3, -0.25) is 4.72 Å². The zero-order valence-corrected chi connectivity index (χ0v) is 19.4. The molecule has 0 aliphatic carbocycles. The van der Waals surface area contributed by atoms with Gasteiger partial charge in [0, 0.05) is 18.7 Å². The summed E-state index contributed by atoms with van der Waals surface area (Å²) in [5.41, 5.74) is 2.64. The predicted octanol–water partition coefficient (Wildman–Crippen LogP) is 3.01. The van der Waals surface area contributed by atoms with Gasteiger partial charge in [-0.15, -0.1) is 5.10 Å². The first kappa shape index (κ1) is 22.7. The molecule has 0 bridgehead atoms. The summed E-state index contributed by atoms with van der Waals surface area (Å²) in [4.78, 5) is 14.2. The number of benzene rings is 2. The highest BCUT2D eigenvalue weighted by atomic mass is 32.2. The average molecular weight is 471 g/mol. The third-order valence-electron chi connectivity index (χ3n) is 5.72. The Morgan fingerprint density at radius 3 is 2.61 bits per heavy atom. The second kappa shape index (κ2) is 9.57. The fourth-order valence-corrected chi connectivity index (χ4v) is 5.40. The molecule has 2 heterocycles. The minimum Gasteiger partial charge on any atom is -0.465 e. The van der Waals surface area contributed by atoms with Crippen LogP contribution in [0.3, 0.4) is 0 Å². The summed E-state index contributed by atoms with van der Waals surface area (Å²) in [5.74, 6) is -0.162. The quantitative estimate of drug-likeness (QED) is 0.504. The Morgan fingerprint density at radius 2 is 1.94 bits per heavy atom. The van der Waals surface area contributed by atoms with Crippen molar-refractivity contribution in [3.05, 3.63) is 47.5 Å². The molecule has 0 spiro atoms. The first-order valence-electron chi connectivity index (χ1n) is 10.8. The number of tetrazole rings is 1. The van der Waals surface area contributed by atoms with E-state index in [2.05, 4.69) is 30.2 Å². The molecule has 0 saturated carbocycles. The zero-order chi connectivity index (χ0) is 23.4. The second-order valence-electron chi connectivity index (χ2n) is 7.80. The van der Waals surface area contributed by atoms with E-state index in [4.69, 9.17) is 4.74 Å². The number of H-pyrrole nitrogens is 1. The lowest BCUT2D eigenvalue weighted by molar-refractivity contribution is 0.0600. The monoisotopic (exact) mass is 470 g/mol. The highest BCUT2D eigenvalue weighted by Gasteiger charge is 2.24. The van der Waals surface area contributed by atoms with Gasteiger partial charge in [-0.2, -0.15) is 0 Å². The van der Waals surface area contributed by atoms with Crippen LogP contribution in [0.5, 0.6) is 0 Å². The van der Waals surface area contributed by atoms with Crippen molar-refractivity contribution in [2.45, 2.75) is 37.5 Å². The van der Waals surface area contributed by atoms with Gasteiger partial charge in [-0.1, -0.05) is 13.0 Å². The number of hydrogen-bond acceptors (Lipinski definition) is 8. The third kappa shape index (κ3) is 4.82. The van der Waals surface area contributed by atoms with E-state index in [1.54, 1.807) is 18.2 Å². The van der Waals surface area contributed by atoms with Crippen LogP contribution in [0.2, 0.25) is 0 Å². The van der Waals surface area contributed by atoms with Crippen LogP contribution in [0, 0.1) is 0 Å². The molecule has 0 radical (unpaired) electrons. The number of anilines is 2. The van der Waals surface area contributed by atoms with Gasteiger partial charge in [0.05, 0.1) is 28.9 Å². The number of aromatic nitrogens is 4. The van der Waals surface area contributed by atoms with E-state index in [1.165, 1.54) is 13.2 Å². The summed E-state index contributed by atoms with van der Waals surface area (Å²) in [6.07, 6.45) is 3.72. The number of methoxy groups -OCH3 is 1. The van der Waals surface area contributed by atoms with Crippen LogP contribution >= 0.6 is 0 Å². The molecule has 174 valence electrons. The minimum absolute atomic E-state index is 0.0456. The van der Waals surface area contributed by atoms with E-state index in [0.717, 1.165) is 38.0 Å². The van der Waals surface area contributed by atoms with Crippen molar-refractivity contribution in [3.63, 3.8) is 0 Å². The van der Waals surface area contributed by atoms with Crippen LogP contribution < -0.4 is 9.62 Å². The Kier molecular flexibility index (Phi) is 6.59. The van der Waals surface area contributed by atoms with E-state index in [9.17, 15) is 13.2 Å². The molecule has 1 saturated heterocycles. The maximum Gasteiger partial charge on any atom is 0.337 e. The van der Waals surface area contributed by atoms with Crippen molar-refractivity contribution in [1.82, 2.24) is 20.6 Å². The molecule has 2 N–H and O–H groups in total. The van der Waals surface area contributed by atoms with Gasteiger partial charge < -0.3 is 9.64 Å². The number of nitrogens with zero attached hydrogens (tertiary/aromatic N) is 4. The number of ether oxygens (including phenoxy) is 1. The summed E-state index contributed by atoms with van der Waals surface area (Å²) in [5, 5.41) is 13.8. The number of esters is 1. The van der Waals surface area contributed by atoms with E-state index in [-0.39, 0.29) is 10.5 Å². The fourth-order valence-electron chi connectivity index (χ4n) is 4.00. The van der Waals surface area contributed by atoms with Crippen molar-refractivity contribution in [2.24, 2.45) is 0 Å². The SMILES string of the molecule is CCc1ccc(C(=O)OC)cc1S(=O)(=O)Nc1cc(-c2nnn[nH]2)ccc1N1CCCCC1. The van der Waals surface area contributed by atoms with Gasteiger partial charge in [0.2, 0.25) is 0 Å². The summed E-state index contributed by atoms with van der Waals surface area (Å²) in [7, 11) is -2.75. The number of piperidine rings is 1. The van der Waals surface area contributed by atoms with Gasteiger partial charge in [0.25, 0.3) is 10.0 Å². The topological polar surface area (TPSA) is 130 Å². The summed E-state index contributed by atoms with van der Waals surface area (Å²) < 4.78 is 34.6. The van der Waals surface area contributed by atoms with E-state index >= 15 is 0 Å². The molecular formula is C22H26N6O4S. The number of nitrogens with one attached hydrogen (secondary N) is 2. The molecule has 1 aliphatic heterocycles. The number of carbonyl (C=O) groups excluding carboxylic acids is 1. The summed E-state index contributed by atoms with van der Waals surface area (Å²) in [6, 6.07) is 10.0. The van der Waals surface area contributed by atoms with Crippen LogP contribution in [-0.2, 0) is 21.2 Å². The maximum absolute atomic E-state index is 13.5. The molecular weight excluding hydrogens is 444 g/mol. The van der Waals surface area contributed by atoms with Crippen LogP contribution in [0.25, 0.3) is 11.4 Å². The van der Waals surface area contributed by atoms with Crippen LogP contribution in [0.1, 0.15) is 42.1 Å². The number of aromatic amines is 1. The van der Waals surface area contributed by atoms with Gasteiger partial charge in [0.15, 0.2) is 5.82 Å². The van der Waals surface area contributed by atoms with E-state index < -0.39 is 16.0 Å². The molecule has 0 unspecified atom stereocenters. The van der Waals surface area contributed by atoms with Crippen molar-refractivity contribution >= 4 is 27.4 Å². The highest BCUT2D eigenvalue weighted by molar-refractivity contribution is 7.92. The van der Waals surface area contributed by atoms with Crippen molar-refractivity contribution < 1.29 is 17.9 Å². The first-order chi connectivity index (χ1) is 15.9. The Hall–Kier alpha value is -3.47. The molecule has 11 heteroatoms. The molecule has 2 aromatic carbocycles. The van der Waals surface area contributed by atoms with Gasteiger partial charge in [-0.25, -0.2) is 18.3 Å². The second-order valence-corrected chi connectivity index (χ2v) is 9.45. The number of carbonyl (C=O) groups is 1. The summed E-state index contributed by atoms with van der Waals surface area (Å²) in [6.45, 7) is 3.55. The molecule has 1 aromatic heterocycles. The molecule has 1 aliphatic rings. The molecule has 4 rings (SSSR count). The van der Waals surface area contributed by atoms with Crippen molar-refractivity contribution in [2.75, 3.05) is 29.8 Å². The highest BCUT2D eigenvalue weighted by Crippen LogP contribution is 2.34. The number of hydrogen-bond donors (Lipinski definition) is 2. The maximum atomic E-state index is 13.5. The Balaban J connectivity index is 1.78. The van der Waals surface area contributed by atoms with E-state index in [0.29, 0.717) is 29.1 Å². The molecule has 3 aromatic rings. The van der Waals surface area contributed by atoms with Crippen molar-refractivity contribution in [1.29, 1.82) is 0 Å². The number of sulfonamides is 1. The molecule has 33 heavy (non-hydrogen) atoms. The van der Waals surface area contributed by atoms with Crippen LogP contribution in [-0.4, -0.2) is 55.2 Å². The average Bonchev–Trinajstić information content (AvgIpc) is 3.38. The van der Waals surface area contributed by atoms with Gasteiger partial charge in [0.1, 0.15) is 0 Å². The third-order valence-corrected chi connectivity index (χ3v) is 7.16. The Labute approximate surface area is 192 Å². The molecule has 1 fully saturated rings. The van der Waals surface area contributed by atoms with Crippen LogP contribution in [0.15, 0.2) is 41.3 Å². The van der Waals surface area contributed by atoms with Gasteiger partial charge >= 0.3 is 5.97 Å². The number of rotatable bonds is 7. The Morgan fingerprint density at radius 1 is 1.15 bits per heavy atom. The van der Waals surface area contributed by atoms with Crippen LogP contribution in [0.4, 0.5) is 11.4 Å². The standard InChI is InChI=1S/C22H26N6O4S/c1-3-15-7-8-17(22(29)32-2)14-20(15)33(30,31)25-18-13-16(21-23-26-27-24-21)9-10-19(18)28-11-5-4-6-12-28/h7-10,13-14,25H,3-6,11-12H2,1-2H3,(H,23,24,26,27). The summed E-state index contributed by atoms with van der Waals surface area (Å²) >= 11 is 0. The lowest BCUT2D eigenvalue weighted by Gasteiger charge is -2.31. The van der Waals surface area contributed by atoms with E-state index in [1.807, 2.05) is 19.1 Å². The largest absolute Gasteiger partial charge is 0.465 e. The molecule has 0 atom stereocenters. The first-order valence-corrected chi connectivity index (χ1v) is 12.3.